The highest BCUT2D eigenvalue weighted by atomic mass is 35.5. The van der Waals surface area contributed by atoms with Crippen molar-refractivity contribution in [1.82, 2.24) is 5.32 Å². The van der Waals surface area contributed by atoms with Crippen LogP contribution >= 0.6 is 11.6 Å². The van der Waals surface area contributed by atoms with E-state index in [4.69, 9.17) is 16.9 Å². The molecule has 0 spiro atoms. The van der Waals surface area contributed by atoms with Gasteiger partial charge in [-0.1, -0.05) is 17.7 Å². The number of nitrogens with one attached hydrogen (secondary N) is 2. The topological polar surface area (TPSA) is 64.9 Å². The van der Waals surface area contributed by atoms with Crippen LogP contribution in [0.5, 0.6) is 0 Å². The van der Waals surface area contributed by atoms with Gasteiger partial charge in [0.2, 0.25) is 5.91 Å². The number of halogens is 3. The van der Waals surface area contributed by atoms with Crippen LogP contribution in [0.25, 0.3) is 0 Å². The molecule has 0 unspecified atom stereocenters. The van der Waals surface area contributed by atoms with Crippen molar-refractivity contribution in [2.45, 2.75) is 13.0 Å². The van der Waals surface area contributed by atoms with Crippen molar-refractivity contribution in [1.29, 1.82) is 5.26 Å². The first-order chi connectivity index (χ1) is 11.4. The Morgan fingerprint density at radius 2 is 2.04 bits per heavy atom. The molecule has 1 amide bonds. The molecule has 0 aliphatic rings. The molecule has 0 fully saturated rings. The summed E-state index contributed by atoms with van der Waals surface area (Å²) in [5.41, 5.74) is 0.840. The Balaban J connectivity index is 1.98. The molecule has 0 bridgehead atoms. The first-order valence-electron chi connectivity index (χ1n) is 7.08. The highest BCUT2D eigenvalue weighted by Crippen LogP contribution is 2.20. The van der Waals surface area contributed by atoms with Crippen molar-refractivity contribution in [3.05, 3.63) is 64.2 Å². The van der Waals surface area contributed by atoms with Crippen molar-refractivity contribution in [2.75, 3.05) is 11.9 Å². The van der Waals surface area contributed by atoms with Gasteiger partial charge in [0.25, 0.3) is 0 Å². The third-order valence-corrected chi connectivity index (χ3v) is 3.61. The van der Waals surface area contributed by atoms with E-state index in [1.165, 1.54) is 18.2 Å². The largest absolute Gasteiger partial charge is 0.324 e. The van der Waals surface area contributed by atoms with Gasteiger partial charge < -0.3 is 10.6 Å². The molecule has 0 aromatic heterocycles. The van der Waals surface area contributed by atoms with Gasteiger partial charge >= 0.3 is 0 Å². The van der Waals surface area contributed by atoms with E-state index < -0.39 is 23.6 Å². The Morgan fingerprint density at radius 1 is 1.29 bits per heavy atom. The molecule has 2 N–H and O–H groups in total. The molecule has 2 aromatic rings. The van der Waals surface area contributed by atoms with Crippen molar-refractivity contribution < 1.29 is 13.6 Å². The van der Waals surface area contributed by atoms with Gasteiger partial charge in [-0.2, -0.15) is 5.26 Å². The normalized spacial score (nSPS) is 11.6. The Bertz CT molecular complexity index is 805. The number of amides is 1. The maximum absolute atomic E-state index is 13.7. The highest BCUT2D eigenvalue weighted by Gasteiger charge is 2.13. The zero-order valence-electron chi connectivity index (χ0n) is 12.7. The number of anilines is 1. The molecule has 24 heavy (non-hydrogen) atoms. The fraction of sp³-hybridized carbons (Fsp3) is 0.176. The maximum atomic E-state index is 13.7. The van der Waals surface area contributed by atoms with Crippen LogP contribution in [0.15, 0.2) is 36.4 Å². The van der Waals surface area contributed by atoms with Gasteiger partial charge in [-0.05, 0) is 31.2 Å². The number of nitrogens with zero attached hydrogens (tertiary/aromatic N) is 1. The first-order valence-corrected chi connectivity index (χ1v) is 7.46. The lowest BCUT2D eigenvalue weighted by atomic mass is 10.1. The van der Waals surface area contributed by atoms with Gasteiger partial charge in [0.05, 0.1) is 17.8 Å². The number of nitriles is 1. The van der Waals surface area contributed by atoms with E-state index in [1.807, 2.05) is 6.07 Å². The van der Waals surface area contributed by atoms with Crippen LogP contribution in [-0.4, -0.2) is 12.5 Å². The number of carbonyl (C=O) groups is 1. The van der Waals surface area contributed by atoms with E-state index in [1.54, 1.807) is 13.0 Å². The van der Waals surface area contributed by atoms with Crippen LogP contribution in [0.2, 0.25) is 5.02 Å². The molecule has 0 saturated carbocycles. The van der Waals surface area contributed by atoms with Crippen LogP contribution in [0.3, 0.4) is 0 Å². The molecule has 0 saturated heterocycles. The summed E-state index contributed by atoms with van der Waals surface area (Å²) in [6.07, 6.45) is 0. The quantitative estimate of drug-likeness (QED) is 0.863. The first kappa shape index (κ1) is 17.9. The standard InChI is InChI=1S/C17H14ClF2N3O/c1-10(14-5-4-13(19)7-15(14)20)22-9-17(24)23-16-6-12(18)3-2-11(16)8-21/h2-7,10,22H,9H2,1H3,(H,23,24)/t10-/m0/s1. The zero-order chi connectivity index (χ0) is 17.7. The maximum Gasteiger partial charge on any atom is 0.238 e. The lowest BCUT2D eigenvalue weighted by molar-refractivity contribution is -0.115. The van der Waals surface area contributed by atoms with Crippen LogP contribution in [-0.2, 0) is 4.79 Å². The Morgan fingerprint density at radius 3 is 2.71 bits per heavy atom. The van der Waals surface area contributed by atoms with Gasteiger partial charge in [0.15, 0.2) is 0 Å². The molecule has 1 atom stereocenters. The molecule has 0 aliphatic carbocycles. The van der Waals surface area contributed by atoms with Gasteiger partial charge in [-0.15, -0.1) is 0 Å². The van der Waals surface area contributed by atoms with Crippen molar-refractivity contribution in [2.24, 2.45) is 0 Å². The number of rotatable bonds is 5. The second kappa shape index (κ2) is 7.86. The molecule has 0 radical (unpaired) electrons. The van der Waals surface area contributed by atoms with E-state index in [9.17, 15) is 13.6 Å². The molecule has 2 rings (SSSR count). The second-order valence-corrected chi connectivity index (χ2v) is 5.55. The average molecular weight is 350 g/mol. The molecule has 7 heteroatoms. The highest BCUT2D eigenvalue weighted by molar-refractivity contribution is 6.31. The van der Waals surface area contributed by atoms with Crippen molar-refractivity contribution in [3.63, 3.8) is 0 Å². The van der Waals surface area contributed by atoms with Crippen LogP contribution in [0, 0.1) is 23.0 Å². The molecule has 124 valence electrons. The Labute approximate surface area is 143 Å². The van der Waals surface area contributed by atoms with Crippen LogP contribution in [0.4, 0.5) is 14.5 Å². The number of benzene rings is 2. The van der Waals surface area contributed by atoms with E-state index in [0.717, 1.165) is 12.1 Å². The lowest BCUT2D eigenvalue weighted by Gasteiger charge is -2.15. The molecule has 4 nitrogen and oxygen atoms in total. The SMILES string of the molecule is C[C@H](NCC(=O)Nc1cc(Cl)ccc1C#N)c1ccc(F)cc1F. The molecular weight excluding hydrogens is 336 g/mol. The predicted octanol–water partition coefficient (Wildman–Crippen LogP) is 3.78. The zero-order valence-corrected chi connectivity index (χ0v) is 13.5. The molecule has 0 aliphatic heterocycles. The summed E-state index contributed by atoms with van der Waals surface area (Å²) in [5.74, 6) is -1.76. The summed E-state index contributed by atoms with van der Waals surface area (Å²) < 4.78 is 26.6. The summed E-state index contributed by atoms with van der Waals surface area (Å²) in [6.45, 7) is 1.54. The average Bonchev–Trinajstić information content (AvgIpc) is 2.53. The molecular formula is C17H14ClF2N3O. The van der Waals surface area contributed by atoms with Gasteiger partial charge in [-0.25, -0.2) is 8.78 Å². The minimum atomic E-state index is -0.683. The van der Waals surface area contributed by atoms with E-state index >= 15 is 0 Å². The van der Waals surface area contributed by atoms with Gasteiger partial charge in [0, 0.05) is 22.7 Å². The van der Waals surface area contributed by atoms with E-state index in [0.29, 0.717) is 10.7 Å². The smallest absolute Gasteiger partial charge is 0.238 e. The third-order valence-electron chi connectivity index (χ3n) is 3.37. The Kier molecular flexibility index (Phi) is 5.85. The summed E-state index contributed by atoms with van der Waals surface area (Å²) in [7, 11) is 0. The summed E-state index contributed by atoms with van der Waals surface area (Å²) in [6, 6.07) is 9.25. The van der Waals surface area contributed by atoms with Crippen molar-refractivity contribution >= 4 is 23.2 Å². The minimum absolute atomic E-state index is 0.116. The summed E-state index contributed by atoms with van der Waals surface area (Å²) in [5, 5.41) is 14.8. The molecule has 0 heterocycles. The van der Waals surface area contributed by atoms with E-state index in [-0.39, 0.29) is 17.7 Å². The number of hydrogen-bond donors (Lipinski definition) is 2. The van der Waals surface area contributed by atoms with E-state index in [2.05, 4.69) is 10.6 Å². The third kappa shape index (κ3) is 4.51. The summed E-state index contributed by atoms with van der Waals surface area (Å²) >= 11 is 5.85. The molecule has 2 aromatic carbocycles. The lowest BCUT2D eigenvalue weighted by Crippen LogP contribution is -2.30. The van der Waals surface area contributed by atoms with Gasteiger partial charge in [-0.3, -0.25) is 4.79 Å². The van der Waals surface area contributed by atoms with Gasteiger partial charge in [0.1, 0.15) is 17.7 Å². The monoisotopic (exact) mass is 349 g/mol. The minimum Gasteiger partial charge on any atom is -0.324 e. The van der Waals surface area contributed by atoms with Crippen molar-refractivity contribution in [3.8, 4) is 6.07 Å². The number of hydrogen-bond acceptors (Lipinski definition) is 3. The fourth-order valence-electron chi connectivity index (χ4n) is 2.12. The number of carbonyl (C=O) groups excluding carboxylic acids is 1. The van der Waals surface area contributed by atoms with Crippen LogP contribution < -0.4 is 10.6 Å². The fourth-order valence-corrected chi connectivity index (χ4v) is 2.29. The summed E-state index contributed by atoms with van der Waals surface area (Å²) in [4.78, 5) is 12.0. The van der Waals surface area contributed by atoms with Crippen LogP contribution in [0.1, 0.15) is 24.1 Å². The second-order valence-electron chi connectivity index (χ2n) is 5.12. The predicted molar refractivity (Wildman–Crippen MR) is 87.6 cm³/mol. The Hall–Kier alpha value is -2.49.